The molecule has 24 heavy (non-hydrogen) atoms. The van der Waals surface area contributed by atoms with E-state index in [9.17, 15) is 4.79 Å². The number of rotatable bonds is 4. The summed E-state index contributed by atoms with van der Waals surface area (Å²) < 4.78 is 5.38. The SMILES string of the molecule is Cc1nn(CC(=O)Nc2c(Cl)cccc2Cl)c(=S)n1-n1cccc1. The van der Waals surface area contributed by atoms with E-state index in [4.69, 9.17) is 35.4 Å². The summed E-state index contributed by atoms with van der Waals surface area (Å²) in [5.74, 6) is 0.345. The number of amides is 1. The van der Waals surface area contributed by atoms with Crippen LogP contribution in [0.3, 0.4) is 0 Å². The van der Waals surface area contributed by atoms with Gasteiger partial charge in [0.05, 0.1) is 15.7 Å². The molecular formula is C15H13Cl2N5OS. The van der Waals surface area contributed by atoms with Gasteiger partial charge in [0, 0.05) is 12.4 Å². The van der Waals surface area contributed by atoms with Crippen molar-refractivity contribution < 1.29 is 4.79 Å². The summed E-state index contributed by atoms with van der Waals surface area (Å²) >= 11 is 17.5. The van der Waals surface area contributed by atoms with E-state index in [1.165, 1.54) is 4.68 Å². The minimum atomic E-state index is -0.321. The van der Waals surface area contributed by atoms with Crippen molar-refractivity contribution in [3.05, 3.63) is 63.4 Å². The fourth-order valence-electron chi connectivity index (χ4n) is 2.27. The number of aryl methyl sites for hydroxylation is 1. The zero-order valence-electron chi connectivity index (χ0n) is 12.6. The molecule has 0 aliphatic heterocycles. The molecule has 0 aliphatic carbocycles. The lowest BCUT2D eigenvalue weighted by Gasteiger charge is -2.09. The highest BCUT2D eigenvalue weighted by Gasteiger charge is 2.14. The number of benzene rings is 1. The Morgan fingerprint density at radius 2 is 1.83 bits per heavy atom. The third-order valence-electron chi connectivity index (χ3n) is 3.31. The van der Waals surface area contributed by atoms with Gasteiger partial charge in [-0.2, -0.15) is 5.10 Å². The molecule has 1 N–H and O–H groups in total. The molecule has 124 valence electrons. The van der Waals surface area contributed by atoms with Gasteiger partial charge >= 0.3 is 0 Å². The molecule has 3 aromatic rings. The number of carbonyl (C=O) groups is 1. The summed E-state index contributed by atoms with van der Waals surface area (Å²) in [6.45, 7) is 1.77. The van der Waals surface area contributed by atoms with Crippen LogP contribution in [0.4, 0.5) is 5.69 Å². The van der Waals surface area contributed by atoms with Crippen LogP contribution in [-0.2, 0) is 11.3 Å². The van der Waals surface area contributed by atoms with Gasteiger partial charge in [-0.05, 0) is 43.4 Å². The minimum Gasteiger partial charge on any atom is -0.322 e. The van der Waals surface area contributed by atoms with Gasteiger partial charge in [0.15, 0.2) is 0 Å². The van der Waals surface area contributed by atoms with E-state index in [1.807, 2.05) is 31.5 Å². The molecule has 0 bridgehead atoms. The van der Waals surface area contributed by atoms with Crippen LogP contribution < -0.4 is 5.32 Å². The maximum absolute atomic E-state index is 12.3. The number of aromatic nitrogens is 4. The fraction of sp³-hybridized carbons (Fsp3) is 0.133. The van der Waals surface area contributed by atoms with Crippen molar-refractivity contribution in [3.8, 4) is 0 Å². The van der Waals surface area contributed by atoms with Gasteiger partial charge in [-0.1, -0.05) is 29.3 Å². The van der Waals surface area contributed by atoms with E-state index in [0.29, 0.717) is 26.3 Å². The Labute approximate surface area is 153 Å². The molecule has 1 amide bonds. The number of hydrogen-bond acceptors (Lipinski definition) is 3. The molecule has 0 radical (unpaired) electrons. The molecule has 1 aromatic carbocycles. The number of carbonyl (C=O) groups excluding carboxylic acids is 1. The Balaban J connectivity index is 1.83. The molecule has 0 spiro atoms. The maximum Gasteiger partial charge on any atom is 0.246 e. The summed E-state index contributed by atoms with van der Waals surface area (Å²) in [5.41, 5.74) is 0.374. The molecule has 0 fully saturated rings. The second-order valence-electron chi connectivity index (χ2n) is 5.01. The van der Waals surface area contributed by atoms with Gasteiger partial charge in [-0.25, -0.2) is 9.36 Å². The van der Waals surface area contributed by atoms with Crippen LogP contribution in [0.1, 0.15) is 5.82 Å². The number of anilines is 1. The van der Waals surface area contributed by atoms with Gasteiger partial charge in [-0.3, -0.25) is 9.47 Å². The Kier molecular flexibility index (Phi) is 4.75. The molecule has 9 heteroatoms. The molecular weight excluding hydrogens is 369 g/mol. The van der Waals surface area contributed by atoms with Crippen molar-refractivity contribution in [1.82, 2.24) is 19.1 Å². The predicted octanol–water partition coefficient (Wildman–Crippen LogP) is 3.78. The second-order valence-corrected chi connectivity index (χ2v) is 6.19. The Morgan fingerprint density at radius 3 is 2.46 bits per heavy atom. The van der Waals surface area contributed by atoms with Gasteiger partial charge in [0.25, 0.3) is 0 Å². The maximum atomic E-state index is 12.3. The van der Waals surface area contributed by atoms with Gasteiger partial charge in [0.2, 0.25) is 10.7 Å². The summed E-state index contributed by atoms with van der Waals surface area (Å²) in [6, 6.07) is 8.77. The topological polar surface area (TPSA) is 56.8 Å². The van der Waals surface area contributed by atoms with Crippen molar-refractivity contribution in [2.24, 2.45) is 0 Å². The van der Waals surface area contributed by atoms with Crippen molar-refractivity contribution in [2.45, 2.75) is 13.5 Å². The van der Waals surface area contributed by atoms with Crippen LogP contribution in [0.25, 0.3) is 0 Å². The van der Waals surface area contributed by atoms with Crippen LogP contribution in [-0.4, -0.2) is 25.0 Å². The predicted molar refractivity (Wildman–Crippen MR) is 96.1 cm³/mol. The number of nitrogens with one attached hydrogen (secondary N) is 1. The molecule has 0 saturated heterocycles. The first-order valence-corrected chi connectivity index (χ1v) is 8.18. The van der Waals surface area contributed by atoms with Crippen molar-refractivity contribution in [3.63, 3.8) is 0 Å². The summed E-state index contributed by atoms with van der Waals surface area (Å²) in [6.07, 6.45) is 3.69. The number of para-hydroxylation sites is 1. The molecule has 0 atom stereocenters. The highest BCUT2D eigenvalue weighted by molar-refractivity contribution is 7.71. The lowest BCUT2D eigenvalue weighted by Crippen LogP contribution is -2.20. The van der Waals surface area contributed by atoms with Crippen molar-refractivity contribution in [1.29, 1.82) is 0 Å². The molecule has 0 unspecified atom stereocenters. The zero-order valence-corrected chi connectivity index (χ0v) is 14.9. The highest BCUT2D eigenvalue weighted by atomic mass is 35.5. The Bertz CT molecular complexity index is 925. The molecule has 2 aromatic heterocycles. The van der Waals surface area contributed by atoms with Gasteiger partial charge in [0.1, 0.15) is 12.4 Å². The van der Waals surface area contributed by atoms with Crippen LogP contribution in [0.5, 0.6) is 0 Å². The zero-order chi connectivity index (χ0) is 17.3. The smallest absolute Gasteiger partial charge is 0.246 e. The third kappa shape index (κ3) is 3.24. The lowest BCUT2D eigenvalue weighted by molar-refractivity contribution is -0.116. The minimum absolute atomic E-state index is 0.0461. The number of hydrogen-bond donors (Lipinski definition) is 1. The number of halogens is 2. The number of nitrogens with zero attached hydrogens (tertiary/aromatic N) is 4. The fourth-order valence-corrected chi connectivity index (χ4v) is 3.09. The first kappa shape index (κ1) is 16.8. The van der Waals surface area contributed by atoms with Gasteiger partial charge < -0.3 is 5.32 Å². The molecule has 3 rings (SSSR count). The standard InChI is InChI=1S/C15H13Cl2N5OS/c1-10-19-21(15(24)22(10)20-7-2-3-8-20)9-13(23)18-14-11(16)5-4-6-12(14)17/h2-8H,9H2,1H3,(H,18,23). The van der Waals surface area contributed by atoms with E-state index >= 15 is 0 Å². The average Bonchev–Trinajstić information content (AvgIpc) is 3.12. The van der Waals surface area contributed by atoms with Crippen LogP contribution in [0, 0.1) is 11.7 Å². The highest BCUT2D eigenvalue weighted by Crippen LogP contribution is 2.29. The average molecular weight is 382 g/mol. The first-order valence-electron chi connectivity index (χ1n) is 7.01. The normalized spacial score (nSPS) is 10.8. The summed E-state index contributed by atoms with van der Waals surface area (Å²) in [5, 5.41) is 7.75. The monoisotopic (exact) mass is 381 g/mol. The summed E-state index contributed by atoms with van der Waals surface area (Å²) in [7, 11) is 0. The summed E-state index contributed by atoms with van der Waals surface area (Å²) in [4.78, 5) is 12.3. The van der Waals surface area contributed by atoms with Crippen molar-refractivity contribution in [2.75, 3.05) is 5.32 Å². The molecule has 2 heterocycles. The van der Waals surface area contributed by atoms with E-state index in [1.54, 1.807) is 27.6 Å². The van der Waals surface area contributed by atoms with E-state index in [0.717, 1.165) is 0 Å². The Morgan fingerprint density at radius 1 is 1.21 bits per heavy atom. The molecule has 0 aliphatic rings. The first-order chi connectivity index (χ1) is 11.5. The molecule has 6 nitrogen and oxygen atoms in total. The molecule has 0 saturated carbocycles. The van der Waals surface area contributed by atoms with E-state index in [-0.39, 0.29) is 12.5 Å². The third-order valence-corrected chi connectivity index (χ3v) is 4.33. The lowest BCUT2D eigenvalue weighted by atomic mass is 10.3. The van der Waals surface area contributed by atoms with Crippen LogP contribution in [0.2, 0.25) is 10.0 Å². The van der Waals surface area contributed by atoms with Crippen LogP contribution >= 0.6 is 35.4 Å². The van der Waals surface area contributed by atoms with Crippen molar-refractivity contribution >= 4 is 47.0 Å². The van der Waals surface area contributed by atoms with E-state index in [2.05, 4.69) is 10.4 Å². The second kappa shape index (κ2) is 6.80. The largest absolute Gasteiger partial charge is 0.322 e. The van der Waals surface area contributed by atoms with Crippen LogP contribution in [0.15, 0.2) is 42.7 Å². The van der Waals surface area contributed by atoms with E-state index < -0.39 is 0 Å². The van der Waals surface area contributed by atoms with Gasteiger partial charge in [-0.15, -0.1) is 0 Å². The quantitative estimate of drug-likeness (QED) is 0.699. The Hall–Kier alpha value is -2.09.